The lowest BCUT2D eigenvalue weighted by Gasteiger charge is -2.06. The van der Waals surface area contributed by atoms with Crippen LogP contribution in [0.4, 0.5) is 18.0 Å². The number of nitrogens with two attached hydrogens (primary N) is 1. The van der Waals surface area contributed by atoms with Crippen LogP contribution in [0.1, 0.15) is 5.56 Å². The number of halogens is 3. The molecule has 0 fully saturated rings. The molecule has 0 saturated carbocycles. The van der Waals surface area contributed by atoms with Crippen LogP contribution in [-0.4, -0.2) is 56.4 Å². The molecule has 12 heteroatoms. The second kappa shape index (κ2) is 11.3. The van der Waals surface area contributed by atoms with Gasteiger partial charge in [-0.1, -0.05) is 30.3 Å². The van der Waals surface area contributed by atoms with E-state index in [9.17, 15) is 31.2 Å². The Kier molecular flexibility index (Phi) is 10.3. The molecule has 1 aromatic carbocycles. The maximum Gasteiger partial charge on any atom is 0.490 e. The second-order valence-electron chi connectivity index (χ2n) is 4.73. The molecule has 0 aliphatic heterocycles. The zero-order valence-corrected chi connectivity index (χ0v) is 14.3. The van der Waals surface area contributed by atoms with Crippen molar-refractivity contribution in [3.63, 3.8) is 0 Å². The van der Waals surface area contributed by atoms with Gasteiger partial charge in [-0.25, -0.2) is 18.0 Å². The monoisotopic (exact) mass is 400 g/mol. The maximum absolute atomic E-state index is 11.7. The molecule has 0 heterocycles. The molecule has 0 aliphatic carbocycles. The Bertz CT molecular complexity index is 665. The minimum Gasteiger partial charge on any atom is -0.465 e. The summed E-state index contributed by atoms with van der Waals surface area (Å²) in [7, 11) is -3.18. The van der Waals surface area contributed by atoms with Crippen molar-refractivity contribution in [3.8, 4) is 0 Å². The molecule has 0 aliphatic rings. The van der Waals surface area contributed by atoms with E-state index in [2.05, 4.69) is 4.74 Å². The van der Waals surface area contributed by atoms with Crippen LogP contribution >= 0.6 is 0 Å². The van der Waals surface area contributed by atoms with Crippen molar-refractivity contribution in [1.29, 1.82) is 0 Å². The van der Waals surface area contributed by atoms with Gasteiger partial charge in [-0.3, -0.25) is 0 Å². The van der Waals surface area contributed by atoms with Crippen molar-refractivity contribution in [2.45, 2.75) is 12.8 Å². The number of hydrogen-bond acceptors (Lipinski definition) is 6. The Hall–Kier alpha value is -2.34. The molecule has 0 unspecified atom stereocenters. The highest BCUT2D eigenvalue weighted by Crippen LogP contribution is 2.17. The number of benzene rings is 1. The average molecular weight is 400 g/mol. The number of amides is 1. The zero-order valence-electron chi connectivity index (χ0n) is 13.5. The van der Waals surface area contributed by atoms with Crippen molar-refractivity contribution in [2.24, 2.45) is 5.73 Å². The summed E-state index contributed by atoms with van der Waals surface area (Å²) in [5, 5.41) is 10.1. The van der Waals surface area contributed by atoms with Crippen LogP contribution in [0.15, 0.2) is 30.3 Å². The molecule has 1 aromatic rings. The molecule has 1 amide bonds. The van der Waals surface area contributed by atoms with Crippen molar-refractivity contribution in [2.75, 3.05) is 24.6 Å². The van der Waals surface area contributed by atoms with E-state index in [0.717, 1.165) is 0 Å². The third-order valence-corrected chi connectivity index (χ3v) is 4.25. The number of rotatable bonds is 7. The molecule has 148 valence electrons. The van der Waals surface area contributed by atoms with Gasteiger partial charge in [0.15, 0.2) is 9.84 Å². The van der Waals surface area contributed by atoms with E-state index in [-0.39, 0.29) is 31.2 Å². The van der Waals surface area contributed by atoms with Crippen molar-refractivity contribution in [3.05, 3.63) is 35.9 Å². The van der Waals surface area contributed by atoms with E-state index < -0.39 is 28.1 Å². The molecule has 0 atom stereocenters. The summed E-state index contributed by atoms with van der Waals surface area (Å²) >= 11 is 0. The molecule has 26 heavy (non-hydrogen) atoms. The number of carbonyl (C=O) groups excluding carboxylic acids is 1. The summed E-state index contributed by atoms with van der Waals surface area (Å²) in [5.74, 6) is -2.47. The number of carbonyl (C=O) groups is 2. The molecule has 0 bridgehead atoms. The van der Waals surface area contributed by atoms with E-state index in [0.29, 0.717) is 5.56 Å². The fourth-order valence-electron chi connectivity index (χ4n) is 1.40. The van der Waals surface area contributed by atoms with E-state index in [1.807, 2.05) is 5.32 Å². The Morgan fingerprint density at radius 1 is 1.15 bits per heavy atom. The SMILES string of the molecule is NCCS(=O)(=O)CCNC(=O)O.O=C(OCc1ccccc1)C(F)(F)F. The van der Waals surface area contributed by atoms with Gasteiger partial charge < -0.3 is 20.9 Å². The van der Waals surface area contributed by atoms with Crippen molar-refractivity contribution in [1.82, 2.24) is 5.32 Å². The topological polar surface area (TPSA) is 136 Å². The molecule has 8 nitrogen and oxygen atoms in total. The molecular formula is C14H19F3N2O6S. The summed E-state index contributed by atoms with van der Waals surface area (Å²) in [4.78, 5) is 20.2. The first-order chi connectivity index (χ1) is 12.0. The lowest BCUT2D eigenvalue weighted by molar-refractivity contribution is -0.201. The quantitative estimate of drug-likeness (QED) is 0.579. The highest BCUT2D eigenvalue weighted by molar-refractivity contribution is 7.91. The van der Waals surface area contributed by atoms with Crippen LogP contribution in [-0.2, 0) is 26.0 Å². The van der Waals surface area contributed by atoms with Crippen LogP contribution in [0.5, 0.6) is 0 Å². The first kappa shape index (κ1) is 23.7. The van der Waals surface area contributed by atoms with E-state index >= 15 is 0 Å². The number of alkyl halides is 3. The second-order valence-corrected chi connectivity index (χ2v) is 7.04. The standard InChI is InChI=1S/C9H7F3O2.C5H12N2O4S/c10-9(11,12)8(13)14-6-7-4-2-1-3-5-7;6-1-3-12(10,11)4-2-7-5(8)9/h1-5H,6H2;7H,1-4,6H2,(H,8,9). The Morgan fingerprint density at radius 2 is 1.73 bits per heavy atom. The molecule has 0 aromatic heterocycles. The summed E-state index contributed by atoms with van der Waals surface area (Å²) in [6.07, 6.45) is -6.15. The molecule has 1 rings (SSSR count). The zero-order chi connectivity index (χ0) is 20.2. The fourth-order valence-corrected chi connectivity index (χ4v) is 2.38. The summed E-state index contributed by atoms with van der Waals surface area (Å²) < 4.78 is 60.9. The Balaban J connectivity index is 0.000000488. The van der Waals surface area contributed by atoms with Crippen molar-refractivity contribution >= 4 is 21.9 Å². The van der Waals surface area contributed by atoms with E-state index in [1.54, 1.807) is 30.3 Å². The smallest absolute Gasteiger partial charge is 0.465 e. The molecular weight excluding hydrogens is 381 g/mol. The van der Waals surface area contributed by atoms with Crippen molar-refractivity contribution < 1.29 is 41.0 Å². The van der Waals surface area contributed by atoms with Crippen LogP contribution in [0.3, 0.4) is 0 Å². The predicted molar refractivity (Wildman–Crippen MR) is 86.0 cm³/mol. The number of nitrogens with one attached hydrogen (secondary N) is 1. The number of carboxylic acid groups (broad SMARTS) is 1. The van der Waals surface area contributed by atoms with E-state index in [1.165, 1.54) is 0 Å². The van der Waals surface area contributed by atoms with Crippen LogP contribution in [0, 0.1) is 0 Å². The molecule has 0 saturated heterocycles. The molecule has 0 radical (unpaired) electrons. The van der Waals surface area contributed by atoms with E-state index in [4.69, 9.17) is 10.8 Å². The lowest BCUT2D eigenvalue weighted by atomic mass is 10.2. The van der Waals surface area contributed by atoms with Gasteiger partial charge in [-0.05, 0) is 5.56 Å². The maximum atomic E-state index is 11.7. The van der Waals surface area contributed by atoms with Crippen LogP contribution in [0.25, 0.3) is 0 Å². The number of sulfone groups is 1. The Labute approximate surface area is 148 Å². The largest absolute Gasteiger partial charge is 0.490 e. The van der Waals surface area contributed by atoms with Crippen LogP contribution < -0.4 is 11.1 Å². The van der Waals surface area contributed by atoms with Gasteiger partial charge in [0.25, 0.3) is 0 Å². The van der Waals surface area contributed by atoms with Gasteiger partial charge in [-0.2, -0.15) is 13.2 Å². The molecule has 4 N–H and O–H groups in total. The number of hydrogen-bond donors (Lipinski definition) is 3. The normalized spacial score (nSPS) is 11.1. The van der Waals surface area contributed by atoms with Gasteiger partial charge in [-0.15, -0.1) is 0 Å². The number of ether oxygens (including phenoxy) is 1. The summed E-state index contributed by atoms with van der Waals surface area (Å²) in [6.45, 7) is -0.383. The third kappa shape index (κ3) is 12.1. The highest BCUT2D eigenvalue weighted by Gasteiger charge is 2.40. The summed E-state index contributed by atoms with van der Waals surface area (Å²) in [5.41, 5.74) is 5.55. The van der Waals surface area contributed by atoms with Gasteiger partial charge in [0.05, 0.1) is 11.5 Å². The highest BCUT2D eigenvalue weighted by atomic mass is 32.2. The van der Waals surface area contributed by atoms with Gasteiger partial charge in [0.2, 0.25) is 0 Å². The van der Waals surface area contributed by atoms with Crippen LogP contribution in [0.2, 0.25) is 0 Å². The first-order valence-electron chi connectivity index (χ1n) is 7.13. The lowest BCUT2D eigenvalue weighted by Crippen LogP contribution is -2.29. The third-order valence-electron chi connectivity index (χ3n) is 2.56. The molecule has 0 spiro atoms. The fraction of sp³-hybridized carbons (Fsp3) is 0.429. The number of esters is 1. The average Bonchev–Trinajstić information content (AvgIpc) is 2.52. The van der Waals surface area contributed by atoms with Gasteiger partial charge in [0.1, 0.15) is 6.61 Å². The van der Waals surface area contributed by atoms with Gasteiger partial charge in [0, 0.05) is 13.1 Å². The minimum absolute atomic E-state index is 0.0649. The predicted octanol–water partition coefficient (Wildman–Crippen LogP) is 0.920. The minimum atomic E-state index is -4.92. The summed E-state index contributed by atoms with van der Waals surface area (Å²) in [6, 6.07) is 8.16. The van der Waals surface area contributed by atoms with Gasteiger partial charge >= 0.3 is 18.2 Å². The first-order valence-corrected chi connectivity index (χ1v) is 8.95. The Morgan fingerprint density at radius 3 is 2.19 bits per heavy atom.